The van der Waals surface area contributed by atoms with Crippen LogP contribution in [0.2, 0.25) is 0 Å². The smallest absolute Gasteiger partial charge is 0.220 e. The highest BCUT2D eigenvalue weighted by molar-refractivity contribution is 5.83. The molecule has 1 aromatic heterocycles. The maximum atomic E-state index is 11.9. The van der Waals surface area contributed by atoms with Crippen LogP contribution in [0.3, 0.4) is 0 Å². The summed E-state index contributed by atoms with van der Waals surface area (Å²) in [4.78, 5) is 15.1. The number of carbonyl (C=O) groups is 1. The number of benzene rings is 1. The van der Waals surface area contributed by atoms with Crippen molar-refractivity contribution in [1.82, 2.24) is 10.3 Å². The molecule has 0 bridgehead atoms. The summed E-state index contributed by atoms with van der Waals surface area (Å²) in [7, 11) is 0. The van der Waals surface area contributed by atoms with Crippen molar-refractivity contribution in [3.63, 3.8) is 0 Å². The van der Waals surface area contributed by atoms with Crippen LogP contribution in [0.15, 0.2) is 30.5 Å². The molecular weight excluding hydrogens is 260 g/mol. The van der Waals surface area contributed by atoms with Gasteiger partial charge in [0.25, 0.3) is 0 Å². The van der Waals surface area contributed by atoms with Gasteiger partial charge in [-0.25, -0.2) is 0 Å². The monoisotopic (exact) mass is 284 g/mol. The van der Waals surface area contributed by atoms with Crippen molar-refractivity contribution in [3.05, 3.63) is 36.0 Å². The fourth-order valence-corrected chi connectivity index (χ4v) is 3.40. The first-order valence-corrected chi connectivity index (χ1v) is 8.14. The van der Waals surface area contributed by atoms with E-state index in [9.17, 15) is 4.79 Å². The molecule has 1 aromatic carbocycles. The molecule has 1 saturated carbocycles. The molecule has 1 aliphatic rings. The van der Waals surface area contributed by atoms with Crippen LogP contribution in [0.5, 0.6) is 0 Å². The van der Waals surface area contributed by atoms with E-state index in [1.807, 2.05) is 6.07 Å². The number of aromatic nitrogens is 1. The first-order chi connectivity index (χ1) is 10.3. The van der Waals surface area contributed by atoms with E-state index >= 15 is 0 Å². The minimum Gasteiger partial charge on any atom is -0.361 e. The van der Waals surface area contributed by atoms with Gasteiger partial charge in [-0.05, 0) is 30.4 Å². The van der Waals surface area contributed by atoms with Gasteiger partial charge in [-0.3, -0.25) is 4.79 Å². The van der Waals surface area contributed by atoms with E-state index in [-0.39, 0.29) is 5.91 Å². The Morgan fingerprint density at radius 2 is 2.05 bits per heavy atom. The second kappa shape index (κ2) is 6.79. The highest BCUT2D eigenvalue weighted by atomic mass is 16.1. The normalized spacial score (nSPS) is 15.6. The summed E-state index contributed by atoms with van der Waals surface area (Å²) in [5.74, 6) is 1.01. The van der Waals surface area contributed by atoms with Crippen molar-refractivity contribution in [2.45, 2.75) is 44.9 Å². The third-order valence-corrected chi connectivity index (χ3v) is 4.65. The Labute approximate surface area is 126 Å². The Hall–Kier alpha value is -1.77. The van der Waals surface area contributed by atoms with Crippen molar-refractivity contribution < 1.29 is 4.79 Å². The zero-order valence-corrected chi connectivity index (χ0v) is 12.5. The van der Waals surface area contributed by atoms with Crippen molar-refractivity contribution in [1.29, 1.82) is 0 Å². The minimum absolute atomic E-state index is 0.210. The average Bonchev–Trinajstić information content (AvgIpc) is 3.15. The summed E-state index contributed by atoms with van der Waals surface area (Å²) in [5.41, 5.74) is 2.45. The molecule has 0 unspecified atom stereocenters. The highest BCUT2D eigenvalue weighted by Crippen LogP contribution is 2.28. The van der Waals surface area contributed by atoms with Crippen molar-refractivity contribution >= 4 is 16.8 Å². The Morgan fingerprint density at radius 1 is 1.24 bits per heavy atom. The maximum absolute atomic E-state index is 11.9. The van der Waals surface area contributed by atoms with Gasteiger partial charge in [-0.2, -0.15) is 0 Å². The van der Waals surface area contributed by atoms with Crippen LogP contribution >= 0.6 is 0 Å². The van der Waals surface area contributed by atoms with Gasteiger partial charge >= 0.3 is 0 Å². The molecule has 1 aliphatic carbocycles. The number of carbonyl (C=O) groups excluding carboxylic acids is 1. The number of nitrogens with one attached hydrogen (secondary N) is 2. The SMILES string of the molecule is O=C(CCC1CCCC1)NCCc1c[nH]c2ccccc12. The molecule has 3 nitrogen and oxygen atoms in total. The van der Waals surface area contributed by atoms with Gasteiger partial charge < -0.3 is 10.3 Å². The van der Waals surface area contributed by atoms with Crippen molar-refractivity contribution in [3.8, 4) is 0 Å². The predicted molar refractivity (Wildman–Crippen MR) is 86.2 cm³/mol. The van der Waals surface area contributed by atoms with Crippen LogP contribution in [0.1, 0.15) is 44.1 Å². The van der Waals surface area contributed by atoms with Crippen LogP contribution in [-0.2, 0) is 11.2 Å². The number of amides is 1. The average molecular weight is 284 g/mol. The number of fused-ring (bicyclic) bond motifs is 1. The van der Waals surface area contributed by atoms with Gasteiger partial charge in [0.1, 0.15) is 0 Å². The molecule has 1 heterocycles. The summed E-state index contributed by atoms with van der Waals surface area (Å²) < 4.78 is 0. The Kier molecular flexibility index (Phi) is 4.59. The molecule has 2 N–H and O–H groups in total. The van der Waals surface area contributed by atoms with E-state index in [0.717, 1.165) is 25.3 Å². The summed E-state index contributed by atoms with van der Waals surface area (Å²) in [6.07, 6.45) is 10.1. The molecular formula is C18H24N2O. The molecule has 2 aromatic rings. The first-order valence-electron chi connectivity index (χ1n) is 8.14. The molecule has 0 aliphatic heterocycles. The zero-order valence-electron chi connectivity index (χ0n) is 12.5. The number of aromatic amines is 1. The van der Waals surface area contributed by atoms with Crippen LogP contribution in [-0.4, -0.2) is 17.4 Å². The Bertz CT molecular complexity index is 596. The molecule has 0 spiro atoms. The quantitative estimate of drug-likeness (QED) is 0.832. The maximum Gasteiger partial charge on any atom is 0.220 e. The summed E-state index contributed by atoms with van der Waals surface area (Å²) in [6.45, 7) is 0.728. The fourth-order valence-electron chi connectivity index (χ4n) is 3.40. The lowest BCUT2D eigenvalue weighted by molar-refractivity contribution is -0.121. The predicted octanol–water partition coefficient (Wildman–Crippen LogP) is 3.80. The molecule has 1 fully saturated rings. The molecule has 1 amide bonds. The lowest BCUT2D eigenvalue weighted by Crippen LogP contribution is -2.25. The number of para-hydroxylation sites is 1. The molecule has 0 saturated heterocycles. The van der Waals surface area contributed by atoms with E-state index in [1.54, 1.807) is 0 Å². The molecule has 3 heteroatoms. The molecule has 112 valence electrons. The largest absolute Gasteiger partial charge is 0.361 e. The number of rotatable bonds is 6. The lowest BCUT2D eigenvalue weighted by atomic mass is 10.0. The van der Waals surface area contributed by atoms with Gasteiger partial charge in [-0.1, -0.05) is 43.9 Å². The fraction of sp³-hybridized carbons (Fsp3) is 0.500. The Morgan fingerprint density at radius 3 is 2.90 bits per heavy atom. The van der Waals surface area contributed by atoms with Crippen LogP contribution in [0, 0.1) is 5.92 Å². The van der Waals surface area contributed by atoms with Crippen LogP contribution in [0.25, 0.3) is 10.9 Å². The van der Waals surface area contributed by atoms with Gasteiger partial charge in [-0.15, -0.1) is 0 Å². The van der Waals surface area contributed by atoms with Crippen molar-refractivity contribution in [2.24, 2.45) is 5.92 Å². The van der Waals surface area contributed by atoms with Gasteiger partial charge in [0.2, 0.25) is 5.91 Å². The van der Waals surface area contributed by atoms with E-state index in [4.69, 9.17) is 0 Å². The standard InChI is InChI=1S/C18H24N2O/c21-18(10-9-14-5-1-2-6-14)19-12-11-15-13-20-17-8-4-3-7-16(15)17/h3-4,7-8,13-14,20H,1-2,5-6,9-12H2,(H,19,21). The topological polar surface area (TPSA) is 44.9 Å². The first kappa shape index (κ1) is 14.2. The summed E-state index contributed by atoms with van der Waals surface area (Å²) in [5, 5.41) is 4.32. The number of hydrogen-bond donors (Lipinski definition) is 2. The molecule has 0 radical (unpaired) electrons. The van der Waals surface area contributed by atoms with E-state index < -0.39 is 0 Å². The van der Waals surface area contributed by atoms with Gasteiger partial charge in [0, 0.05) is 30.1 Å². The Balaban J connectivity index is 1.42. The van der Waals surface area contributed by atoms with E-state index in [2.05, 4.69) is 34.7 Å². The van der Waals surface area contributed by atoms with Gasteiger partial charge in [0.15, 0.2) is 0 Å². The second-order valence-electron chi connectivity index (χ2n) is 6.15. The third-order valence-electron chi connectivity index (χ3n) is 4.65. The number of H-pyrrole nitrogens is 1. The molecule has 3 rings (SSSR count). The second-order valence-corrected chi connectivity index (χ2v) is 6.15. The zero-order chi connectivity index (χ0) is 14.5. The lowest BCUT2D eigenvalue weighted by Gasteiger charge is -2.09. The van der Waals surface area contributed by atoms with E-state index in [1.165, 1.54) is 42.1 Å². The van der Waals surface area contributed by atoms with Gasteiger partial charge in [0.05, 0.1) is 0 Å². The molecule has 21 heavy (non-hydrogen) atoms. The summed E-state index contributed by atoms with van der Waals surface area (Å²) in [6, 6.07) is 8.30. The van der Waals surface area contributed by atoms with Crippen LogP contribution in [0.4, 0.5) is 0 Å². The minimum atomic E-state index is 0.210. The number of hydrogen-bond acceptors (Lipinski definition) is 1. The molecule has 0 atom stereocenters. The van der Waals surface area contributed by atoms with E-state index in [0.29, 0.717) is 6.42 Å². The summed E-state index contributed by atoms with van der Waals surface area (Å²) >= 11 is 0. The third kappa shape index (κ3) is 3.66. The van der Waals surface area contributed by atoms with Crippen LogP contribution < -0.4 is 5.32 Å². The van der Waals surface area contributed by atoms with Crippen molar-refractivity contribution in [2.75, 3.05) is 6.54 Å². The highest BCUT2D eigenvalue weighted by Gasteiger charge is 2.15.